The Kier molecular flexibility index (Phi) is 7.22. The van der Waals surface area contributed by atoms with Gasteiger partial charge in [-0.15, -0.1) is 15.7 Å². The molecule has 3 aromatic heterocycles. The van der Waals surface area contributed by atoms with Gasteiger partial charge in [-0.2, -0.15) is 5.10 Å². The number of pyridine rings is 1. The number of nitrogens with zero attached hydrogens (tertiary/aromatic N) is 5. The summed E-state index contributed by atoms with van der Waals surface area (Å²) in [6.45, 7) is 3.67. The van der Waals surface area contributed by atoms with Gasteiger partial charge in [0.25, 0.3) is 5.91 Å². The first-order valence-corrected chi connectivity index (χ1v) is 14.7. The maximum absolute atomic E-state index is 13.2. The van der Waals surface area contributed by atoms with E-state index in [4.69, 9.17) is 4.74 Å². The predicted molar refractivity (Wildman–Crippen MR) is 151 cm³/mol. The van der Waals surface area contributed by atoms with Crippen molar-refractivity contribution >= 4 is 49.0 Å². The summed E-state index contributed by atoms with van der Waals surface area (Å²) in [4.78, 5) is 34.2. The molecule has 0 fully saturated rings. The van der Waals surface area contributed by atoms with Crippen molar-refractivity contribution < 1.29 is 18.5 Å². The van der Waals surface area contributed by atoms with Gasteiger partial charge in [0.15, 0.2) is 11.5 Å². The molecule has 2 aromatic carbocycles. The van der Waals surface area contributed by atoms with Crippen LogP contribution in [0.15, 0.2) is 81.5 Å². The predicted octanol–water partition coefficient (Wildman–Crippen LogP) is 5.72. The Labute approximate surface area is 228 Å². The molecule has 0 aliphatic carbocycles. The monoisotopic (exact) mass is 560 g/mol. The molecule has 0 spiro atoms. The number of aromatic nitrogens is 4. The molecule has 12 heteroatoms. The normalized spacial score (nSPS) is 12.6. The summed E-state index contributed by atoms with van der Waals surface area (Å²) in [6, 6.07) is 19.5. The van der Waals surface area contributed by atoms with E-state index >= 15 is 0 Å². The first-order chi connectivity index (χ1) is 18.7. The van der Waals surface area contributed by atoms with E-state index in [9.17, 15) is 13.8 Å². The zero-order valence-electron chi connectivity index (χ0n) is 21.3. The second-order valence-electron chi connectivity index (χ2n) is 8.57. The molecule has 0 saturated heterocycles. The molecule has 0 radical (unpaired) electrons. The van der Waals surface area contributed by atoms with Gasteiger partial charge >= 0.3 is 6.09 Å². The van der Waals surface area contributed by atoms with Crippen LogP contribution in [0.4, 0.5) is 10.5 Å². The highest BCUT2D eigenvalue weighted by Gasteiger charge is 2.19. The number of hydrogen-bond donors (Lipinski definition) is 1. The van der Waals surface area contributed by atoms with Crippen LogP contribution in [-0.2, 0) is 14.5 Å². The van der Waals surface area contributed by atoms with Crippen molar-refractivity contribution in [3.8, 4) is 17.1 Å². The van der Waals surface area contributed by atoms with Gasteiger partial charge in [0.2, 0.25) is 0 Å². The van der Waals surface area contributed by atoms with Crippen LogP contribution in [-0.4, -0.2) is 48.8 Å². The van der Waals surface area contributed by atoms with Crippen LogP contribution >= 0.6 is 11.3 Å². The molecule has 3 heterocycles. The standard InChI is InChI=1S/C27H24N6O4S2/c1-4-37-27(35)32-39(3,36)20-11-9-19(10-12-20)30-26(34)22-15-23(18-8-13-21-24(14-18)38-16-28-21)33(31-22)25-7-5-6-17(2)29-25/h5-16H,4H2,1-3H3,(H,30,34). The van der Waals surface area contributed by atoms with Crippen molar-refractivity contribution in [1.82, 2.24) is 19.7 Å². The van der Waals surface area contributed by atoms with E-state index in [1.165, 1.54) is 17.6 Å². The number of amides is 2. The summed E-state index contributed by atoms with van der Waals surface area (Å²) in [5.74, 6) is 0.156. The van der Waals surface area contributed by atoms with Gasteiger partial charge in [-0.05, 0) is 68.4 Å². The SMILES string of the molecule is CCOC(=O)N=S(C)(=O)c1ccc(NC(=O)c2cc(-c3ccc4ncsc4c3)n(-c3cccc(C)n3)n2)cc1. The van der Waals surface area contributed by atoms with Gasteiger partial charge in [0.1, 0.15) is 0 Å². The second-order valence-corrected chi connectivity index (χ2v) is 11.7. The van der Waals surface area contributed by atoms with Gasteiger partial charge in [-0.3, -0.25) is 4.79 Å². The van der Waals surface area contributed by atoms with Crippen LogP contribution in [0.2, 0.25) is 0 Å². The van der Waals surface area contributed by atoms with Gasteiger partial charge in [0.05, 0.1) is 37.8 Å². The second kappa shape index (κ2) is 10.8. The van der Waals surface area contributed by atoms with Crippen LogP contribution in [0.5, 0.6) is 0 Å². The average Bonchev–Trinajstić information content (AvgIpc) is 3.56. The van der Waals surface area contributed by atoms with Crippen molar-refractivity contribution in [2.75, 3.05) is 18.2 Å². The van der Waals surface area contributed by atoms with Gasteiger partial charge in [-0.1, -0.05) is 12.1 Å². The summed E-state index contributed by atoms with van der Waals surface area (Å²) >= 11 is 1.53. The van der Waals surface area contributed by atoms with Crippen LogP contribution < -0.4 is 5.32 Å². The van der Waals surface area contributed by atoms with E-state index in [0.717, 1.165) is 21.5 Å². The Morgan fingerprint density at radius 1 is 1.10 bits per heavy atom. The smallest absolute Gasteiger partial charge is 0.442 e. The zero-order chi connectivity index (χ0) is 27.6. The number of nitrogens with one attached hydrogen (secondary N) is 1. The number of thiazole rings is 1. The third-order valence-corrected chi connectivity index (χ3v) is 8.16. The number of anilines is 1. The number of carbonyl (C=O) groups is 2. The number of ether oxygens (including phenoxy) is 1. The Morgan fingerprint density at radius 3 is 2.64 bits per heavy atom. The van der Waals surface area contributed by atoms with Crippen molar-refractivity contribution in [3.63, 3.8) is 0 Å². The first kappa shape index (κ1) is 26.2. The van der Waals surface area contributed by atoms with Gasteiger partial charge < -0.3 is 10.1 Å². The summed E-state index contributed by atoms with van der Waals surface area (Å²) in [6.07, 6.45) is 0.473. The number of rotatable bonds is 6. The first-order valence-electron chi connectivity index (χ1n) is 11.9. The molecule has 1 unspecified atom stereocenters. The third-order valence-electron chi connectivity index (χ3n) is 5.73. The Balaban J connectivity index is 1.45. The average molecular weight is 561 g/mol. The van der Waals surface area contributed by atoms with Crippen molar-refractivity contribution in [2.24, 2.45) is 4.36 Å². The van der Waals surface area contributed by atoms with Crippen molar-refractivity contribution in [2.45, 2.75) is 18.7 Å². The number of hydrogen-bond acceptors (Lipinski definition) is 8. The molecule has 2 amide bonds. The molecule has 5 rings (SSSR count). The van der Waals surface area contributed by atoms with E-state index in [2.05, 4.69) is 24.7 Å². The number of aryl methyl sites for hydroxylation is 1. The summed E-state index contributed by atoms with van der Waals surface area (Å²) in [5.41, 5.74) is 5.74. The summed E-state index contributed by atoms with van der Waals surface area (Å²) in [7, 11) is -3.00. The number of fused-ring (bicyclic) bond motifs is 1. The quantitative estimate of drug-likeness (QED) is 0.281. The lowest BCUT2D eigenvalue weighted by Gasteiger charge is -2.08. The Morgan fingerprint density at radius 2 is 1.90 bits per heavy atom. The molecule has 0 aliphatic heterocycles. The molecule has 10 nitrogen and oxygen atoms in total. The van der Waals surface area contributed by atoms with Crippen LogP contribution in [0, 0.1) is 6.92 Å². The summed E-state index contributed by atoms with van der Waals surface area (Å²) in [5, 5.41) is 7.41. The lowest BCUT2D eigenvalue weighted by molar-refractivity contribution is 0.102. The lowest BCUT2D eigenvalue weighted by Crippen LogP contribution is -2.13. The maximum atomic E-state index is 13.2. The van der Waals surface area contributed by atoms with Gasteiger partial charge in [-0.25, -0.2) is 23.7 Å². The molecule has 1 atom stereocenters. The minimum absolute atomic E-state index is 0.139. The fourth-order valence-corrected chi connectivity index (χ4v) is 5.66. The molecular weight excluding hydrogens is 536 g/mol. The van der Waals surface area contributed by atoms with Crippen molar-refractivity contribution in [1.29, 1.82) is 0 Å². The van der Waals surface area contributed by atoms with Crippen molar-refractivity contribution in [3.05, 3.63) is 83.6 Å². The molecule has 39 heavy (non-hydrogen) atoms. The minimum Gasteiger partial charge on any atom is -0.448 e. The maximum Gasteiger partial charge on any atom is 0.442 e. The zero-order valence-corrected chi connectivity index (χ0v) is 23.0. The van der Waals surface area contributed by atoms with E-state index in [0.29, 0.717) is 22.1 Å². The third kappa shape index (κ3) is 5.71. The van der Waals surface area contributed by atoms with E-state index in [-0.39, 0.29) is 12.3 Å². The van der Waals surface area contributed by atoms with E-state index in [1.54, 1.807) is 47.4 Å². The molecule has 198 valence electrons. The minimum atomic E-state index is -3.00. The molecule has 0 saturated carbocycles. The lowest BCUT2D eigenvalue weighted by atomic mass is 10.1. The topological polar surface area (TPSA) is 128 Å². The number of carbonyl (C=O) groups excluding carboxylic acids is 2. The largest absolute Gasteiger partial charge is 0.448 e. The molecule has 0 aliphatic rings. The Bertz CT molecular complexity index is 1820. The highest BCUT2D eigenvalue weighted by molar-refractivity contribution is 7.93. The molecule has 0 bridgehead atoms. The van der Waals surface area contributed by atoms with Crippen LogP contribution in [0.3, 0.4) is 0 Å². The van der Waals surface area contributed by atoms with E-state index in [1.807, 2.05) is 43.3 Å². The van der Waals surface area contributed by atoms with Crippen LogP contribution in [0.1, 0.15) is 23.1 Å². The molecule has 1 N–H and O–H groups in total. The molecule has 5 aromatic rings. The molecular formula is C27H24N6O4S2. The fraction of sp³-hybridized carbons (Fsp3) is 0.148. The highest BCUT2D eigenvalue weighted by atomic mass is 32.2. The van der Waals surface area contributed by atoms with E-state index < -0.39 is 21.7 Å². The summed E-state index contributed by atoms with van der Waals surface area (Å²) < 4.78 is 23.9. The van der Waals surface area contributed by atoms with Gasteiger partial charge in [0, 0.05) is 28.1 Å². The number of benzene rings is 2. The van der Waals surface area contributed by atoms with Crippen LogP contribution in [0.25, 0.3) is 27.3 Å². The fourth-order valence-electron chi connectivity index (χ4n) is 3.86. The Hall–Kier alpha value is -4.42. The highest BCUT2D eigenvalue weighted by Crippen LogP contribution is 2.29.